The fraction of sp³-hybridized carbons (Fsp3) is 0.176. The molecule has 0 aliphatic carbocycles. The van der Waals surface area contributed by atoms with Crippen molar-refractivity contribution in [2.24, 2.45) is 0 Å². The molecule has 19 heavy (non-hydrogen) atoms. The third kappa shape index (κ3) is 3.88. The van der Waals surface area contributed by atoms with E-state index in [1.807, 2.05) is 30.3 Å². The Morgan fingerprint density at radius 1 is 1.00 bits per heavy atom. The molecule has 0 saturated heterocycles. The van der Waals surface area contributed by atoms with Gasteiger partial charge in [0.05, 0.1) is 7.11 Å². The molecule has 0 radical (unpaired) electrons. The van der Waals surface area contributed by atoms with Crippen LogP contribution in [0.2, 0.25) is 0 Å². The highest BCUT2D eigenvalue weighted by Gasteiger charge is 1.98. The highest BCUT2D eigenvalue weighted by Crippen LogP contribution is 2.18. The zero-order valence-electron chi connectivity index (χ0n) is 11.4. The van der Waals surface area contributed by atoms with Crippen LogP contribution in [-0.4, -0.2) is 20.7 Å². The molecule has 0 heterocycles. The molecule has 0 amide bonds. The quantitative estimate of drug-likeness (QED) is 0.802. The summed E-state index contributed by atoms with van der Waals surface area (Å²) in [6, 6.07) is 18.4. The molecule has 0 aliphatic heterocycles. The number of anilines is 1. The lowest BCUT2D eigenvalue weighted by atomic mass is 10.2. The average Bonchev–Trinajstić information content (AvgIpc) is 2.48. The van der Waals surface area contributed by atoms with Crippen molar-refractivity contribution in [1.82, 2.24) is 0 Å². The summed E-state index contributed by atoms with van der Waals surface area (Å²) in [7, 11) is 3.76. The first-order chi connectivity index (χ1) is 9.29. The van der Waals surface area contributed by atoms with E-state index in [0.29, 0.717) is 0 Å². The van der Waals surface area contributed by atoms with Gasteiger partial charge in [-0.15, -0.1) is 0 Å². The van der Waals surface area contributed by atoms with Gasteiger partial charge in [0, 0.05) is 19.3 Å². The number of ether oxygens (including phenoxy) is 1. The second-order valence-electron chi connectivity index (χ2n) is 4.39. The molecule has 0 fully saturated rings. The Bertz CT molecular complexity index is 517. The summed E-state index contributed by atoms with van der Waals surface area (Å²) in [5.41, 5.74) is 2.41. The Morgan fingerprint density at radius 2 is 1.68 bits per heavy atom. The first-order valence-corrected chi connectivity index (χ1v) is 6.36. The van der Waals surface area contributed by atoms with Crippen molar-refractivity contribution in [1.29, 1.82) is 0 Å². The molecule has 2 rings (SSSR count). The summed E-state index contributed by atoms with van der Waals surface area (Å²) >= 11 is 0. The van der Waals surface area contributed by atoms with E-state index in [9.17, 15) is 0 Å². The zero-order chi connectivity index (χ0) is 13.5. The lowest BCUT2D eigenvalue weighted by molar-refractivity contribution is 0.415. The van der Waals surface area contributed by atoms with Gasteiger partial charge in [-0.2, -0.15) is 0 Å². The lowest BCUT2D eigenvalue weighted by Crippen LogP contribution is -2.16. The summed E-state index contributed by atoms with van der Waals surface area (Å²) in [4.78, 5) is 2.19. The summed E-state index contributed by atoms with van der Waals surface area (Å²) in [6.45, 7) is 0.876. The molecular formula is C17H19NO. The number of hydrogen-bond acceptors (Lipinski definition) is 2. The van der Waals surface area contributed by atoms with Gasteiger partial charge in [-0.05, 0) is 29.8 Å². The SMILES string of the molecule is COc1ccc(N(C)C/C=C/c2ccccc2)cc1. The molecule has 0 unspecified atom stereocenters. The average molecular weight is 253 g/mol. The number of hydrogen-bond donors (Lipinski definition) is 0. The van der Waals surface area contributed by atoms with Gasteiger partial charge in [0.25, 0.3) is 0 Å². The number of rotatable bonds is 5. The van der Waals surface area contributed by atoms with Crippen molar-refractivity contribution in [2.75, 3.05) is 25.6 Å². The minimum atomic E-state index is 0.876. The molecule has 0 N–H and O–H groups in total. The summed E-state index contributed by atoms with van der Waals surface area (Å²) in [5, 5.41) is 0. The Morgan fingerprint density at radius 3 is 2.32 bits per heavy atom. The second-order valence-corrected chi connectivity index (χ2v) is 4.39. The molecule has 2 heteroatoms. The Balaban J connectivity index is 1.93. The van der Waals surface area contributed by atoms with Crippen molar-refractivity contribution < 1.29 is 4.74 Å². The highest BCUT2D eigenvalue weighted by atomic mass is 16.5. The molecule has 0 aliphatic rings. The van der Waals surface area contributed by atoms with Crippen LogP contribution in [0, 0.1) is 0 Å². The minimum Gasteiger partial charge on any atom is -0.497 e. The Labute approximate surface area is 114 Å². The number of methoxy groups -OCH3 is 1. The fourth-order valence-corrected chi connectivity index (χ4v) is 1.85. The molecular weight excluding hydrogens is 234 g/mol. The van der Waals surface area contributed by atoms with Crippen LogP contribution in [0.15, 0.2) is 60.7 Å². The normalized spacial score (nSPS) is 10.6. The van der Waals surface area contributed by atoms with Crippen molar-refractivity contribution >= 4 is 11.8 Å². The summed E-state index contributed by atoms with van der Waals surface area (Å²) < 4.78 is 5.16. The summed E-state index contributed by atoms with van der Waals surface area (Å²) in [5.74, 6) is 0.886. The molecule has 0 spiro atoms. The first-order valence-electron chi connectivity index (χ1n) is 6.36. The van der Waals surface area contributed by atoms with Crippen LogP contribution in [0.1, 0.15) is 5.56 Å². The first kappa shape index (κ1) is 13.2. The molecule has 2 aromatic carbocycles. The smallest absolute Gasteiger partial charge is 0.119 e. The second kappa shape index (κ2) is 6.64. The van der Waals surface area contributed by atoms with Gasteiger partial charge >= 0.3 is 0 Å². The lowest BCUT2D eigenvalue weighted by Gasteiger charge is -2.17. The predicted molar refractivity (Wildman–Crippen MR) is 81.7 cm³/mol. The van der Waals surface area contributed by atoms with E-state index in [1.165, 1.54) is 11.3 Å². The maximum absolute atomic E-state index is 5.16. The van der Waals surface area contributed by atoms with Gasteiger partial charge < -0.3 is 9.64 Å². The molecule has 0 bridgehead atoms. The van der Waals surface area contributed by atoms with Crippen molar-refractivity contribution in [3.8, 4) is 5.75 Å². The fourth-order valence-electron chi connectivity index (χ4n) is 1.85. The molecule has 2 aromatic rings. The van der Waals surface area contributed by atoms with Crippen molar-refractivity contribution in [2.45, 2.75) is 0 Å². The van der Waals surface area contributed by atoms with E-state index in [-0.39, 0.29) is 0 Å². The van der Waals surface area contributed by atoms with Crippen LogP contribution < -0.4 is 9.64 Å². The van der Waals surface area contributed by atoms with Crippen molar-refractivity contribution in [3.63, 3.8) is 0 Å². The van der Waals surface area contributed by atoms with Gasteiger partial charge in [0.1, 0.15) is 5.75 Å². The van der Waals surface area contributed by atoms with E-state index in [4.69, 9.17) is 4.74 Å². The molecule has 0 atom stereocenters. The Kier molecular flexibility index (Phi) is 4.62. The zero-order valence-corrected chi connectivity index (χ0v) is 11.4. The van der Waals surface area contributed by atoms with Gasteiger partial charge in [-0.1, -0.05) is 42.5 Å². The van der Waals surface area contributed by atoms with Gasteiger partial charge in [0.15, 0.2) is 0 Å². The summed E-state index contributed by atoms with van der Waals surface area (Å²) in [6.07, 6.45) is 4.31. The van der Waals surface area contributed by atoms with Crippen LogP contribution in [0.4, 0.5) is 5.69 Å². The monoisotopic (exact) mass is 253 g/mol. The maximum atomic E-state index is 5.16. The van der Waals surface area contributed by atoms with E-state index in [2.05, 4.69) is 48.4 Å². The molecule has 98 valence electrons. The number of likely N-dealkylation sites (N-methyl/N-ethyl adjacent to an activating group) is 1. The van der Waals surface area contributed by atoms with Crippen LogP contribution in [-0.2, 0) is 0 Å². The minimum absolute atomic E-state index is 0.876. The van der Waals surface area contributed by atoms with Crippen LogP contribution >= 0.6 is 0 Å². The number of benzene rings is 2. The van der Waals surface area contributed by atoms with Gasteiger partial charge in [-0.3, -0.25) is 0 Å². The van der Waals surface area contributed by atoms with Crippen LogP contribution in [0.25, 0.3) is 6.08 Å². The van der Waals surface area contributed by atoms with Gasteiger partial charge in [-0.25, -0.2) is 0 Å². The van der Waals surface area contributed by atoms with E-state index in [0.717, 1.165) is 12.3 Å². The third-order valence-electron chi connectivity index (χ3n) is 3.00. The van der Waals surface area contributed by atoms with Crippen LogP contribution in [0.3, 0.4) is 0 Å². The van der Waals surface area contributed by atoms with Crippen molar-refractivity contribution in [3.05, 3.63) is 66.2 Å². The van der Waals surface area contributed by atoms with E-state index in [1.54, 1.807) is 7.11 Å². The van der Waals surface area contributed by atoms with E-state index < -0.39 is 0 Å². The van der Waals surface area contributed by atoms with E-state index >= 15 is 0 Å². The molecule has 2 nitrogen and oxygen atoms in total. The predicted octanol–water partition coefficient (Wildman–Crippen LogP) is 3.84. The number of nitrogens with zero attached hydrogens (tertiary/aromatic N) is 1. The Hall–Kier alpha value is -2.22. The molecule has 0 aromatic heterocycles. The van der Waals surface area contributed by atoms with Gasteiger partial charge in [0.2, 0.25) is 0 Å². The maximum Gasteiger partial charge on any atom is 0.119 e. The standard InChI is InChI=1S/C17H19NO/c1-18(16-10-12-17(19-2)13-11-16)14-6-9-15-7-4-3-5-8-15/h3-13H,14H2,1-2H3/b9-6+. The van der Waals surface area contributed by atoms with Crippen LogP contribution in [0.5, 0.6) is 5.75 Å². The topological polar surface area (TPSA) is 12.5 Å². The largest absolute Gasteiger partial charge is 0.497 e. The third-order valence-corrected chi connectivity index (χ3v) is 3.00. The molecule has 0 saturated carbocycles. The highest BCUT2D eigenvalue weighted by molar-refractivity contribution is 5.52.